The fraction of sp³-hybridized carbons (Fsp3) is 0.455. The number of hydrogen-bond donors (Lipinski definition) is 1. The van der Waals surface area contributed by atoms with E-state index in [1.807, 2.05) is 11.6 Å². The molecule has 0 aliphatic carbocycles. The molecule has 1 amide bonds. The van der Waals surface area contributed by atoms with Crippen LogP contribution >= 0.6 is 11.3 Å². The number of anilines is 1. The first-order valence-corrected chi connectivity index (χ1v) is 6.84. The number of nitrogens with zero attached hydrogens (tertiary/aromatic N) is 5. The molecule has 8 heteroatoms. The van der Waals surface area contributed by atoms with E-state index in [0.29, 0.717) is 5.56 Å². The average molecular weight is 278 g/mol. The second-order valence-corrected chi connectivity index (χ2v) is 5.73. The Bertz CT molecular complexity index is 606. The van der Waals surface area contributed by atoms with Crippen molar-refractivity contribution < 1.29 is 4.79 Å². The van der Waals surface area contributed by atoms with Crippen LogP contribution in [0.2, 0.25) is 0 Å². The summed E-state index contributed by atoms with van der Waals surface area (Å²) < 4.78 is 1.81. The van der Waals surface area contributed by atoms with Crippen LogP contribution in [-0.2, 0) is 0 Å². The largest absolute Gasteiger partial charge is 0.366 e. The molecule has 0 saturated carbocycles. The predicted octanol–water partition coefficient (Wildman–Crippen LogP) is 0.593. The molecule has 3 rings (SSSR count). The first-order valence-electron chi connectivity index (χ1n) is 6.02. The van der Waals surface area contributed by atoms with Crippen LogP contribution in [0.4, 0.5) is 5.13 Å². The standard InChI is InChI=1S/C11H14N6OS/c1-7-14-15-11(19-7)16-3-2-9(6-16)17-5-8(4-13-17)10(12)18/h4-5,9H,2-3,6H2,1H3,(H2,12,18). The fourth-order valence-electron chi connectivity index (χ4n) is 2.21. The van der Waals surface area contributed by atoms with Crippen molar-refractivity contribution in [2.45, 2.75) is 19.4 Å². The van der Waals surface area contributed by atoms with Crippen LogP contribution in [0.25, 0.3) is 0 Å². The number of aryl methyl sites for hydroxylation is 1. The monoisotopic (exact) mass is 278 g/mol. The van der Waals surface area contributed by atoms with Gasteiger partial charge in [0.2, 0.25) is 5.13 Å². The van der Waals surface area contributed by atoms with Crippen LogP contribution in [0.5, 0.6) is 0 Å². The molecule has 1 atom stereocenters. The number of hydrogen-bond acceptors (Lipinski definition) is 6. The van der Waals surface area contributed by atoms with Crippen LogP contribution in [0.1, 0.15) is 27.8 Å². The van der Waals surface area contributed by atoms with E-state index in [1.165, 1.54) is 6.20 Å². The van der Waals surface area contributed by atoms with Crippen LogP contribution in [-0.4, -0.2) is 39.0 Å². The van der Waals surface area contributed by atoms with Gasteiger partial charge in [0.25, 0.3) is 5.91 Å². The van der Waals surface area contributed by atoms with Gasteiger partial charge < -0.3 is 10.6 Å². The Morgan fingerprint density at radius 2 is 2.37 bits per heavy atom. The molecule has 2 aromatic rings. The second-order valence-electron chi connectivity index (χ2n) is 4.57. The normalized spacial score (nSPS) is 19.0. The SMILES string of the molecule is Cc1nnc(N2CCC(n3cc(C(N)=O)cn3)C2)s1. The van der Waals surface area contributed by atoms with E-state index < -0.39 is 5.91 Å². The van der Waals surface area contributed by atoms with Gasteiger partial charge in [0.1, 0.15) is 5.01 Å². The molecule has 0 spiro atoms. The van der Waals surface area contributed by atoms with Gasteiger partial charge in [-0.1, -0.05) is 11.3 Å². The van der Waals surface area contributed by atoms with E-state index in [4.69, 9.17) is 5.73 Å². The van der Waals surface area contributed by atoms with E-state index in [2.05, 4.69) is 20.2 Å². The Morgan fingerprint density at radius 3 is 3.00 bits per heavy atom. The molecule has 1 aliphatic rings. The zero-order chi connectivity index (χ0) is 13.4. The molecule has 2 N–H and O–H groups in total. The minimum Gasteiger partial charge on any atom is -0.366 e. The van der Waals surface area contributed by atoms with Gasteiger partial charge in [0.05, 0.1) is 17.8 Å². The zero-order valence-electron chi connectivity index (χ0n) is 10.5. The molecule has 3 heterocycles. The summed E-state index contributed by atoms with van der Waals surface area (Å²) in [5.41, 5.74) is 5.68. The Hall–Kier alpha value is -1.96. The Labute approximate surface area is 114 Å². The maximum atomic E-state index is 11.1. The van der Waals surface area contributed by atoms with Crippen molar-refractivity contribution in [1.29, 1.82) is 0 Å². The van der Waals surface area contributed by atoms with Crippen LogP contribution in [0, 0.1) is 6.92 Å². The number of aromatic nitrogens is 4. The smallest absolute Gasteiger partial charge is 0.251 e. The Kier molecular flexibility index (Phi) is 2.94. The van der Waals surface area contributed by atoms with Crippen molar-refractivity contribution in [3.8, 4) is 0 Å². The Balaban J connectivity index is 1.73. The van der Waals surface area contributed by atoms with E-state index in [9.17, 15) is 4.79 Å². The van der Waals surface area contributed by atoms with Crippen LogP contribution in [0.3, 0.4) is 0 Å². The van der Waals surface area contributed by atoms with Gasteiger partial charge in [-0.05, 0) is 13.3 Å². The maximum absolute atomic E-state index is 11.1. The molecule has 1 fully saturated rings. The van der Waals surface area contributed by atoms with Gasteiger partial charge >= 0.3 is 0 Å². The van der Waals surface area contributed by atoms with Gasteiger partial charge in [0.15, 0.2) is 0 Å². The van der Waals surface area contributed by atoms with Gasteiger partial charge in [-0.2, -0.15) is 5.10 Å². The average Bonchev–Trinajstić information content (AvgIpc) is 3.07. The second kappa shape index (κ2) is 4.61. The number of amides is 1. The number of rotatable bonds is 3. The molecule has 1 saturated heterocycles. The minimum atomic E-state index is -0.444. The summed E-state index contributed by atoms with van der Waals surface area (Å²) in [7, 11) is 0. The third kappa shape index (κ3) is 2.30. The number of carbonyl (C=O) groups is 1. The summed E-state index contributed by atoms with van der Waals surface area (Å²) in [4.78, 5) is 13.3. The molecule has 100 valence electrons. The number of nitrogens with two attached hydrogens (primary N) is 1. The minimum absolute atomic E-state index is 0.248. The topological polar surface area (TPSA) is 89.9 Å². The predicted molar refractivity (Wildman–Crippen MR) is 71.3 cm³/mol. The zero-order valence-corrected chi connectivity index (χ0v) is 11.3. The van der Waals surface area contributed by atoms with Crippen molar-refractivity contribution >= 4 is 22.4 Å². The highest BCUT2D eigenvalue weighted by atomic mass is 32.1. The van der Waals surface area contributed by atoms with Gasteiger partial charge in [-0.25, -0.2) is 0 Å². The molecule has 1 unspecified atom stereocenters. The molecule has 7 nitrogen and oxygen atoms in total. The summed E-state index contributed by atoms with van der Waals surface area (Å²) in [6, 6.07) is 0.248. The van der Waals surface area contributed by atoms with Crippen molar-refractivity contribution in [3.05, 3.63) is 23.0 Å². The van der Waals surface area contributed by atoms with E-state index in [1.54, 1.807) is 17.5 Å². The lowest BCUT2D eigenvalue weighted by Gasteiger charge is -2.14. The first kappa shape index (κ1) is 12.1. The van der Waals surface area contributed by atoms with Crippen molar-refractivity contribution in [2.75, 3.05) is 18.0 Å². The lowest BCUT2D eigenvalue weighted by molar-refractivity contribution is 0.1000. The van der Waals surface area contributed by atoms with E-state index in [0.717, 1.165) is 29.6 Å². The van der Waals surface area contributed by atoms with Gasteiger partial charge in [-0.15, -0.1) is 10.2 Å². The molecule has 2 aromatic heterocycles. The first-order chi connectivity index (χ1) is 9.13. The lowest BCUT2D eigenvalue weighted by Crippen LogP contribution is -2.21. The third-order valence-electron chi connectivity index (χ3n) is 3.21. The van der Waals surface area contributed by atoms with Crippen molar-refractivity contribution in [1.82, 2.24) is 20.0 Å². The van der Waals surface area contributed by atoms with Crippen LogP contribution < -0.4 is 10.6 Å². The third-order valence-corrected chi connectivity index (χ3v) is 4.11. The molecule has 0 bridgehead atoms. The number of primary amides is 1. The lowest BCUT2D eigenvalue weighted by atomic mass is 10.3. The molecule has 1 aliphatic heterocycles. The van der Waals surface area contributed by atoms with Crippen LogP contribution in [0.15, 0.2) is 12.4 Å². The summed E-state index contributed by atoms with van der Waals surface area (Å²) in [6.07, 6.45) is 4.19. The summed E-state index contributed by atoms with van der Waals surface area (Å²) in [5, 5.41) is 14.3. The highest BCUT2D eigenvalue weighted by Gasteiger charge is 2.26. The van der Waals surface area contributed by atoms with Crippen molar-refractivity contribution in [2.24, 2.45) is 5.73 Å². The van der Waals surface area contributed by atoms with E-state index >= 15 is 0 Å². The molecular formula is C11H14N6OS. The molecule has 19 heavy (non-hydrogen) atoms. The van der Waals surface area contributed by atoms with Crippen molar-refractivity contribution in [3.63, 3.8) is 0 Å². The summed E-state index contributed by atoms with van der Waals surface area (Å²) in [5.74, 6) is -0.444. The summed E-state index contributed by atoms with van der Waals surface area (Å²) >= 11 is 1.59. The molecule has 0 radical (unpaired) electrons. The maximum Gasteiger partial charge on any atom is 0.251 e. The quantitative estimate of drug-likeness (QED) is 0.887. The highest BCUT2D eigenvalue weighted by molar-refractivity contribution is 7.15. The molecular weight excluding hydrogens is 264 g/mol. The Morgan fingerprint density at radius 1 is 1.53 bits per heavy atom. The van der Waals surface area contributed by atoms with Gasteiger partial charge in [0, 0.05) is 19.3 Å². The summed E-state index contributed by atoms with van der Waals surface area (Å²) in [6.45, 7) is 3.70. The highest BCUT2D eigenvalue weighted by Crippen LogP contribution is 2.28. The van der Waals surface area contributed by atoms with Gasteiger partial charge in [-0.3, -0.25) is 9.48 Å². The number of carbonyl (C=O) groups excluding carboxylic acids is 1. The molecule has 0 aromatic carbocycles. The van der Waals surface area contributed by atoms with E-state index in [-0.39, 0.29) is 6.04 Å². The fourth-order valence-corrected chi connectivity index (χ4v) is 2.93.